The van der Waals surface area contributed by atoms with Gasteiger partial charge in [-0.1, -0.05) is 23.7 Å². The lowest BCUT2D eigenvalue weighted by molar-refractivity contribution is -0.130. The van der Waals surface area contributed by atoms with Crippen molar-refractivity contribution >= 4 is 34.1 Å². The Morgan fingerprint density at radius 1 is 1.12 bits per heavy atom. The fraction of sp³-hybridized carbons (Fsp3) is 0.250. The van der Waals surface area contributed by atoms with Crippen LogP contribution in [0.25, 0.3) is 10.9 Å². The van der Waals surface area contributed by atoms with Gasteiger partial charge in [0, 0.05) is 48.3 Å². The summed E-state index contributed by atoms with van der Waals surface area (Å²) in [4.78, 5) is 19.7. The number of anilines is 1. The Balaban J connectivity index is 1.42. The molecule has 0 spiro atoms. The first-order valence-corrected chi connectivity index (χ1v) is 9.02. The molecule has 4 nitrogen and oxygen atoms in total. The Hall–Kier alpha value is -2.53. The van der Waals surface area contributed by atoms with Crippen molar-refractivity contribution in [1.82, 2.24) is 9.88 Å². The zero-order valence-electron chi connectivity index (χ0n) is 14.2. The minimum Gasteiger partial charge on any atom is -0.366 e. The number of para-hydroxylation sites is 1. The second-order valence-corrected chi connectivity index (χ2v) is 6.94. The quantitative estimate of drug-likeness (QED) is 0.759. The van der Waals surface area contributed by atoms with Crippen molar-refractivity contribution in [2.24, 2.45) is 0 Å². The molecule has 4 rings (SSSR count). The third kappa shape index (κ3) is 3.27. The second kappa shape index (κ2) is 7.00. The van der Waals surface area contributed by atoms with E-state index in [1.165, 1.54) is 6.07 Å². The van der Waals surface area contributed by atoms with Gasteiger partial charge in [0.25, 0.3) is 0 Å². The van der Waals surface area contributed by atoms with Crippen molar-refractivity contribution in [2.45, 2.75) is 6.42 Å². The number of rotatable bonds is 3. The van der Waals surface area contributed by atoms with Crippen molar-refractivity contribution in [3.63, 3.8) is 0 Å². The summed E-state index contributed by atoms with van der Waals surface area (Å²) >= 11 is 6.07. The van der Waals surface area contributed by atoms with Crippen molar-refractivity contribution in [2.75, 3.05) is 31.1 Å². The Bertz CT molecular complexity index is 947. The van der Waals surface area contributed by atoms with E-state index >= 15 is 0 Å². The number of piperazine rings is 1. The van der Waals surface area contributed by atoms with Gasteiger partial charge in [-0.05, 0) is 35.9 Å². The van der Waals surface area contributed by atoms with E-state index in [4.69, 9.17) is 11.6 Å². The maximum atomic E-state index is 13.9. The average molecular weight is 372 g/mol. The van der Waals surface area contributed by atoms with E-state index < -0.39 is 0 Å². The van der Waals surface area contributed by atoms with E-state index in [0.29, 0.717) is 43.3 Å². The van der Waals surface area contributed by atoms with Crippen LogP contribution >= 0.6 is 11.6 Å². The summed E-state index contributed by atoms with van der Waals surface area (Å²) in [6.07, 6.45) is 2.20. The van der Waals surface area contributed by atoms with Gasteiger partial charge in [-0.25, -0.2) is 4.39 Å². The van der Waals surface area contributed by atoms with Gasteiger partial charge < -0.3 is 14.8 Å². The number of carbonyl (C=O) groups is 1. The monoisotopic (exact) mass is 371 g/mol. The average Bonchev–Trinajstić information content (AvgIpc) is 3.04. The van der Waals surface area contributed by atoms with E-state index in [2.05, 4.69) is 4.98 Å². The highest BCUT2D eigenvalue weighted by molar-refractivity contribution is 6.31. The summed E-state index contributed by atoms with van der Waals surface area (Å²) in [7, 11) is 0. The van der Waals surface area contributed by atoms with Crippen LogP contribution in [0.4, 0.5) is 10.1 Å². The van der Waals surface area contributed by atoms with Crippen LogP contribution < -0.4 is 4.90 Å². The maximum absolute atomic E-state index is 13.9. The Morgan fingerprint density at radius 2 is 1.88 bits per heavy atom. The van der Waals surface area contributed by atoms with Gasteiger partial charge in [0.05, 0.1) is 12.1 Å². The number of amides is 1. The van der Waals surface area contributed by atoms with Crippen molar-refractivity contribution in [1.29, 1.82) is 0 Å². The van der Waals surface area contributed by atoms with E-state index in [0.717, 1.165) is 16.5 Å². The van der Waals surface area contributed by atoms with Gasteiger partial charge in [0.15, 0.2) is 0 Å². The SMILES string of the molecule is O=C(Cc1c[nH]c2ccc(Cl)cc12)N1CCN(c2ccccc2F)CC1. The lowest BCUT2D eigenvalue weighted by Gasteiger charge is -2.36. The van der Waals surface area contributed by atoms with Gasteiger partial charge in [0.1, 0.15) is 5.82 Å². The number of hydrogen-bond acceptors (Lipinski definition) is 2. The highest BCUT2D eigenvalue weighted by Crippen LogP contribution is 2.24. The fourth-order valence-electron chi connectivity index (χ4n) is 3.48. The molecule has 1 amide bonds. The number of aromatic amines is 1. The molecule has 0 radical (unpaired) electrons. The van der Waals surface area contributed by atoms with Crippen LogP contribution in [0.15, 0.2) is 48.7 Å². The molecule has 0 unspecified atom stereocenters. The van der Waals surface area contributed by atoms with Crippen LogP contribution in [-0.4, -0.2) is 42.0 Å². The van der Waals surface area contributed by atoms with Crippen LogP contribution in [0, 0.1) is 5.82 Å². The first-order chi connectivity index (χ1) is 12.6. The molecule has 0 saturated carbocycles. The highest BCUT2D eigenvalue weighted by atomic mass is 35.5. The summed E-state index contributed by atoms with van der Waals surface area (Å²) in [5.74, 6) is -0.137. The Labute approximate surface area is 156 Å². The van der Waals surface area contributed by atoms with Crippen molar-refractivity contribution in [3.8, 4) is 0 Å². The first-order valence-electron chi connectivity index (χ1n) is 8.64. The van der Waals surface area contributed by atoms with Gasteiger partial charge in [-0.2, -0.15) is 0 Å². The van der Waals surface area contributed by atoms with Gasteiger partial charge in [0.2, 0.25) is 5.91 Å². The maximum Gasteiger partial charge on any atom is 0.227 e. The summed E-state index contributed by atoms with van der Waals surface area (Å²) in [5, 5.41) is 1.64. The molecule has 0 aliphatic carbocycles. The molecule has 0 bridgehead atoms. The summed E-state index contributed by atoms with van der Waals surface area (Å²) < 4.78 is 13.9. The van der Waals surface area contributed by atoms with E-state index in [1.807, 2.05) is 40.3 Å². The largest absolute Gasteiger partial charge is 0.366 e. The van der Waals surface area contributed by atoms with Gasteiger partial charge >= 0.3 is 0 Å². The number of hydrogen-bond donors (Lipinski definition) is 1. The van der Waals surface area contributed by atoms with Crippen molar-refractivity contribution < 1.29 is 9.18 Å². The number of benzene rings is 2. The molecule has 6 heteroatoms. The number of aromatic nitrogens is 1. The predicted molar refractivity (Wildman–Crippen MR) is 102 cm³/mol. The van der Waals surface area contributed by atoms with Crippen LogP contribution in [0.5, 0.6) is 0 Å². The zero-order chi connectivity index (χ0) is 18.1. The topological polar surface area (TPSA) is 39.3 Å². The number of nitrogens with one attached hydrogen (secondary N) is 1. The Morgan fingerprint density at radius 3 is 2.65 bits per heavy atom. The van der Waals surface area contributed by atoms with Gasteiger partial charge in [-0.3, -0.25) is 4.79 Å². The lowest BCUT2D eigenvalue weighted by atomic mass is 10.1. The number of halogens is 2. The molecule has 1 N–H and O–H groups in total. The number of fused-ring (bicyclic) bond motifs is 1. The van der Waals surface area contributed by atoms with Crippen LogP contribution in [0.1, 0.15) is 5.56 Å². The van der Waals surface area contributed by atoms with Crippen LogP contribution in [0.2, 0.25) is 5.02 Å². The molecule has 2 aromatic carbocycles. The third-order valence-electron chi connectivity index (χ3n) is 4.90. The number of nitrogens with zero attached hydrogens (tertiary/aromatic N) is 2. The van der Waals surface area contributed by atoms with Crippen LogP contribution in [-0.2, 0) is 11.2 Å². The molecule has 2 heterocycles. The van der Waals surface area contributed by atoms with Crippen LogP contribution in [0.3, 0.4) is 0 Å². The third-order valence-corrected chi connectivity index (χ3v) is 5.13. The number of carbonyl (C=O) groups excluding carboxylic acids is 1. The van der Waals surface area contributed by atoms with E-state index in [9.17, 15) is 9.18 Å². The number of H-pyrrole nitrogens is 1. The smallest absolute Gasteiger partial charge is 0.227 e. The molecular weight excluding hydrogens is 353 g/mol. The molecule has 0 atom stereocenters. The molecule has 1 aromatic heterocycles. The zero-order valence-corrected chi connectivity index (χ0v) is 15.0. The fourth-order valence-corrected chi connectivity index (χ4v) is 3.65. The molecular formula is C20H19ClFN3O. The van der Waals surface area contributed by atoms with E-state index in [1.54, 1.807) is 12.1 Å². The molecule has 1 aliphatic rings. The molecule has 1 saturated heterocycles. The highest BCUT2D eigenvalue weighted by Gasteiger charge is 2.23. The lowest BCUT2D eigenvalue weighted by Crippen LogP contribution is -2.49. The first kappa shape index (κ1) is 16.9. The van der Waals surface area contributed by atoms with E-state index in [-0.39, 0.29) is 11.7 Å². The predicted octanol–water partition coefficient (Wildman–Crippen LogP) is 3.85. The van der Waals surface area contributed by atoms with Crippen molar-refractivity contribution in [3.05, 3.63) is 65.1 Å². The molecule has 134 valence electrons. The normalized spacial score (nSPS) is 14.8. The Kier molecular flexibility index (Phi) is 4.55. The standard InChI is InChI=1S/C20H19ClFN3O/c21-15-5-6-18-16(12-15)14(13-23-18)11-20(26)25-9-7-24(8-10-25)19-4-2-1-3-17(19)22/h1-6,12-13,23H,7-11H2. The summed E-state index contributed by atoms with van der Waals surface area (Å²) in [6.45, 7) is 2.45. The molecule has 3 aromatic rings. The minimum atomic E-state index is -0.219. The second-order valence-electron chi connectivity index (χ2n) is 6.50. The minimum absolute atomic E-state index is 0.0825. The van der Waals surface area contributed by atoms with Gasteiger partial charge in [-0.15, -0.1) is 0 Å². The summed E-state index contributed by atoms with van der Waals surface area (Å²) in [6, 6.07) is 12.4. The molecule has 1 fully saturated rings. The molecule has 26 heavy (non-hydrogen) atoms. The molecule has 1 aliphatic heterocycles. The summed E-state index contributed by atoms with van der Waals surface area (Å²) in [5.41, 5.74) is 2.52.